The van der Waals surface area contributed by atoms with E-state index in [1.807, 2.05) is 0 Å². The number of anilines is 1. The van der Waals surface area contributed by atoms with Crippen molar-refractivity contribution in [2.24, 2.45) is 0 Å². The molecule has 0 saturated carbocycles. The Kier molecular flexibility index (Phi) is 5.52. The largest absolute Gasteiger partial charge is 0.425 e. The third-order valence-electron chi connectivity index (χ3n) is 3.40. The number of esters is 1. The van der Waals surface area contributed by atoms with Gasteiger partial charge in [0.2, 0.25) is 11.8 Å². The number of carbonyl (C=O) groups is 3. The summed E-state index contributed by atoms with van der Waals surface area (Å²) >= 11 is 0. The Morgan fingerprint density at radius 3 is 2.59 bits per heavy atom. The van der Waals surface area contributed by atoms with Crippen LogP contribution in [0.5, 0.6) is 5.75 Å². The molecule has 1 fully saturated rings. The zero-order valence-electron chi connectivity index (χ0n) is 12.6. The Balaban J connectivity index is 1.88. The van der Waals surface area contributed by atoms with Crippen molar-refractivity contribution in [1.29, 1.82) is 0 Å². The molecule has 118 valence electrons. The molecule has 22 heavy (non-hydrogen) atoms. The second-order valence-electron chi connectivity index (χ2n) is 5.31. The number of nitrogens with one attached hydrogen (secondary N) is 1. The molecular weight excluding hydrogens is 284 g/mol. The highest BCUT2D eigenvalue weighted by atomic mass is 16.5. The van der Waals surface area contributed by atoms with Crippen molar-refractivity contribution in [1.82, 2.24) is 4.90 Å². The van der Waals surface area contributed by atoms with E-state index in [2.05, 4.69) is 5.32 Å². The van der Waals surface area contributed by atoms with Crippen LogP contribution in [0.25, 0.3) is 0 Å². The monoisotopic (exact) mass is 304 g/mol. The average molecular weight is 304 g/mol. The van der Waals surface area contributed by atoms with Crippen molar-refractivity contribution < 1.29 is 19.1 Å². The van der Waals surface area contributed by atoms with Gasteiger partial charge < -0.3 is 15.0 Å². The second-order valence-corrected chi connectivity index (χ2v) is 5.31. The molecule has 6 heteroatoms. The summed E-state index contributed by atoms with van der Waals surface area (Å²) in [5.41, 5.74) is 0.634. The molecule has 6 nitrogen and oxygen atoms in total. The lowest BCUT2D eigenvalue weighted by Crippen LogP contribution is -2.36. The van der Waals surface area contributed by atoms with Crippen molar-refractivity contribution in [3.63, 3.8) is 0 Å². The van der Waals surface area contributed by atoms with E-state index >= 15 is 0 Å². The molecule has 2 rings (SSSR count). The molecule has 0 unspecified atom stereocenters. The molecule has 1 N–H and O–H groups in total. The van der Waals surface area contributed by atoms with Gasteiger partial charge in [-0.15, -0.1) is 0 Å². The van der Waals surface area contributed by atoms with E-state index in [-0.39, 0.29) is 18.4 Å². The molecular formula is C16H20N2O4. The minimum absolute atomic E-state index is 0.00968. The first-order valence-electron chi connectivity index (χ1n) is 7.41. The first-order chi connectivity index (χ1) is 10.5. The predicted molar refractivity (Wildman–Crippen MR) is 81.4 cm³/mol. The maximum absolute atomic E-state index is 11.9. The quantitative estimate of drug-likeness (QED) is 0.681. The Labute approximate surface area is 129 Å². The highest BCUT2D eigenvalue weighted by molar-refractivity contribution is 5.88. The van der Waals surface area contributed by atoms with Crippen LogP contribution in [-0.4, -0.2) is 35.8 Å². The molecule has 1 aliphatic heterocycles. The Hall–Kier alpha value is -2.37. The summed E-state index contributed by atoms with van der Waals surface area (Å²) in [4.78, 5) is 36.2. The third kappa shape index (κ3) is 4.87. The van der Waals surface area contributed by atoms with Crippen LogP contribution < -0.4 is 10.1 Å². The summed E-state index contributed by atoms with van der Waals surface area (Å²) in [6.07, 6.45) is 3.32. The summed E-state index contributed by atoms with van der Waals surface area (Å²) in [6.45, 7) is 2.01. The van der Waals surface area contributed by atoms with E-state index < -0.39 is 5.97 Å². The van der Waals surface area contributed by atoms with Crippen molar-refractivity contribution in [2.45, 2.75) is 32.6 Å². The number of hydrogen-bond donors (Lipinski definition) is 1. The molecule has 0 aromatic heterocycles. The number of hydrogen-bond acceptors (Lipinski definition) is 4. The van der Waals surface area contributed by atoms with Gasteiger partial charge in [0, 0.05) is 25.6 Å². The lowest BCUT2D eigenvalue weighted by atomic mass is 10.2. The molecule has 0 radical (unpaired) electrons. The molecule has 2 amide bonds. The summed E-state index contributed by atoms with van der Waals surface area (Å²) < 4.78 is 5.22. The molecule has 1 aromatic carbocycles. The van der Waals surface area contributed by atoms with Crippen LogP contribution in [0.4, 0.5) is 5.69 Å². The van der Waals surface area contributed by atoms with Crippen LogP contribution in [0.3, 0.4) is 0 Å². The Bertz CT molecular complexity index is 554. The highest BCUT2D eigenvalue weighted by Crippen LogP contribution is 2.16. The first kappa shape index (κ1) is 16.0. The third-order valence-corrected chi connectivity index (χ3v) is 3.40. The van der Waals surface area contributed by atoms with E-state index in [1.165, 1.54) is 6.92 Å². The first-order valence-corrected chi connectivity index (χ1v) is 7.41. The SMILES string of the molecule is CC(=O)Nc1ccc(OC(=O)CN2CCCCCC2=O)cc1. The molecule has 1 heterocycles. The van der Waals surface area contributed by atoms with Crippen LogP contribution >= 0.6 is 0 Å². The fourth-order valence-electron chi connectivity index (χ4n) is 2.33. The van der Waals surface area contributed by atoms with E-state index in [1.54, 1.807) is 29.2 Å². The van der Waals surface area contributed by atoms with Crippen LogP contribution in [0.1, 0.15) is 32.6 Å². The fourth-order valence-corrected chi connectivity index (χ4v) is 2.33. The number of amides is 2. The predicted octanol–water partition coefficient (Wildman–Crippen LogP) is 1.95. The smallest absolute Gasteiger partial charge is 0.331 e. The van der Waals surface area contributed by atoms with Crippen LogP contribution in [-0.2, 0) is 14.4 Å². The number of nitrogens with zero attached hydrogens (tertiary/aromatic N) is 1. The van der Waals surface area contributed by atoms with Crippen molar-refractivity contribution in [3.8, 4) is 5.75 Å². The van der Waals surface area contributed by atoms with Crippen LogP contribution in [0, 0.1) is 0 Å². The topological polar surface area (TPSA) is 75.7 Å². The summed E-state index contributed by atoms with van der Waals surface area (Å²) in [5, 5.41) is 2.63. The minimum Gasteiger partial charge on any atom is -0.425 e. The van der Waals surface area contributed by atoms with Crippen molar-refractivity contribution in [2.75, 3.05) is 18.4 Å². The number of ether oxygens (including phenoxy) is 1. The van der Waals surface area contributed by atoms with Gasteiger partial charge in [-0.3, -0.25) is 9.59 Å². The van der Waals surface area contributed by atoms with Gasteiger partial charge in [0.25, 0.3) is 0 Å². The molecule has 0 atom stereocenters. The van der Waals surface area contributed by atoms with Gasteiger partial charge in [-0.05, 0) is 37.1 Å². The van der Waals surface area contributed by atoms with Crippen LogP contribution in [0.15, 0.2) is 24.3 Å². The van der Waals surface area contributed by atoms with Gasteiger partial charge in [-0.25, -0.2) is 4.79 Å². The van der Waals surface area contributed by atoms with Gasteiger partial charge in [0.1, 0.15) is 12.3 Å². The fraction of sp³-hybridized carbons (Fsp3) is 0.438. The van der Waals surface area contributed by atoms with Crippen LogP contribution in [0.2, 0.25) is 0 Å². The van der Waals surface area contributed by atoms with Crippen molar-refractivity contribution in [3.05, 3.63) is 24.3 Å². The van der Waals surface area contributed by atoms with Gasteiger partial charge in [0.15, 0.2) is 0 Å². The molecule has 0 aliphatic carbocycles. The zero-order chi connectivity index (χ0) is 15.9. The highest BCUT2D eigenvalue weighted by Gasteiger charge is 2.20. The lowest BCUT2D eigenvalue weighted by Gasteiger charge is -2.19. The maximum Gasteiger partial charge on any atom is 0.331 e. The van der Waals surface area contributed by atoms with Gasteiger partial charge in [-0.2, -0.15) is 0 Å². The lowest BCUT2D eigenvalue weighted by molar-refractivity contribution is -0.142. The van der Waals surface area contributed by atoms with E-state index in [9.17, 15) is 14.4 Å². The zero-order valence-corrected chi connectivity index (χ0v) is 12.6. The van der Waals surface area contributed by atoms with E-state index in [0.29, 0.717) is 24.4 Å². The average Bonchev–Trinajstić information content (AvgIpc) is 2.66. The molecule has 1 aromatic rings. The Morgan fingerprint density at radius 2 is 1.91 bits per heavy atom. The Morgan fingerprint density at radius 1 is 1.18 bits per heavy atom. The summed E-state index contributed by atoms with van der Waals surface area (Å²) in [7, 11) is 0. The standard InChI is InChI=1S/C16H20N2O4/c1-12(19)17-13-6-8-14(9-7-13)22-16(21)11-18-10-4-2-3-5-15(18)20/h6-9H,2-5,10-11H2,1H3,(H,17,19). The second kappa shape index (κ2) is 7.59. The number of benzene rings is 1. The summed E-state index contributed by atoms with van der Waals surface area (Å²) in [5.74, 6) is -0.219. The van der Waals surface area contributed by atoms with Gasteiger partial charge in [0.05, 0.1) is 0 Å². The normalized spacial score (nSPS) is 15.1. The van der Waals surface area contributed by atoms with E-state index in [4.69, 9.17) is 4.74 Å². The number of carbonyl (C=O) groups excluding carboxylic acids is 3. The molecule has 1 aliphatic rings. The molecule has 0 bridgehead atoms. The minimum atomic E-state index is -0.456. The van der Waals surface area contributed by atoms with Gasteiger partial charge >= 0.3 is 5.97 Å². The van der Waals surface area contributed by atoms with E-state index in [0.717, 1.165) is 19.3 Å². The molecule has 0 spiro atoms. The maximum atomic E-state index is 11.9. The summed E-state index contributed by atoms with van der Waals surface area (Å²) in [6, 6.07) is 6.52. The van der Waals surface area contributed by atoms with Crippen molar-refractivity contribution >= 4 is 23.5 Å². The number of rotatable bonds is 4. The number of likely N-dealkylation sites (tertiary alicyclic amines) is 1. The van der Waals surface area contributed by atoms with Gasteiger partial charge in [-0.1, -0.05) is 6.42 Å². The molecule has 1 saturated heterocycles.